The minimum Gasteiger partial charge on any atom is -0.299 e. The summed E-state index contributed by atoms with van der Waals surface area (Å²) >= 11 is 0. The molecular weight excluding hydrogens is 136 g/mol. The minimum atomic E-state index is 0.523. The van der Waals surface area contributed by atoms with Crippen molar-refractivity contribution in [3.05, 3.63) is 0 Å². The van der Waals surface area contributed by atoms with Crippen molar-refractivity contribution in [1.29, 1.82) is 0 Å². The number of rotatable bonds is 0. The van der Waals surface area contributed by atoms with Gasteiger partial charge in [-0.25, -0.2) is 0 Å². The number of carbonyl (C=O) groups is 1. The molecule has 3 aliphatic carbocycles. The van der Waals surface area contributed by atoms with Crippen LogP contribution in [0.15, 0.2) is 0 Å². The maximum atomic E-state index is 11.4. The highest BCUT2D eigenvalue weighted by atomic mass is 16.1. The zero-order valence-corrected chi connectivity index (χ0v) is 6.81. The van der Waals surface area contributed by atoms with Gasteiger partial charge >= 0.3 is 0 Å². The van der Waals surface area contributed by atoms with Crippen molar-refractivity contribution in [1.82, 2.24) is 0 Å². The number of Topliss-reactive ketones (excluding diaryl/α,β-unsaturated/α-hetero) is 1. The fourth-order valence-corrected chi connectivity index (χ4v) is 3.82. The van der Waals surface area contributed by atoms with Crippen molar-refractivity contribution in [2.75, 3.05) is 0 Å². The number of ketones is 1. The Morgan fingerprint density at radius 2 is 2.27 bits per heavy atom. The number of carbonyl (C=O) groups excluding carboxylic acids is 1. The van der Waals surface area contributed by atoms with Crippen molar-refractivity contribution >= 4 is 5.78 Å². The molecule has 1 heteroatoms. The Labute approximate surface area is 67.2 Å². The molecule has 0 radical (unpaired) electrons. The highest BCUT2D eigenvalue weighted by Crippen LogP contribution is 2.67. The van der Waals surface area contributed by atoms with Crippen molar-refractivity contribution in [2.45, 2.75) is 38.5 Å². The summed E-state index contributed by atoms with van der Waals surface area (Å²) < 4.78 is 0. The lowest BCUT2D eigenvalue weighted by atomic mass is 9.56. The van der Waals surface area contributed by atoms with Crippen LogP contribution >= 0.6 is 0 Å². The van der Waals surface area contributed by atoms with E-state index >= 15 is 0 Å². The Morgan fingerprint density at radius 1 is 1.36 bits per heavy atom. The van der Waals surface area contributed by atoms with Gasteiger partial charge in [0.1, 0.15) is 5.78 Å². The molecular formula is C10H14O. The maximum Gasteiger partial charge on any atom is 0.136 e. The third kappa shape index (κ3) is 0.533. The predicted molar refractivity (Wildman–Crippen MR) is 42.1 cm³/mol. The third-order valence-electron chi connectivity index (χ3n) is 4.45. The molecule has 3 fully saturated rings. The average Bonchev–Trinajstić information content (AvgIpc) is 2.39. The van der Waals surface area contributed by atoms with Crippen LogP contribution in [0, 0.1) is 17.3 Å². The Kier molecular flexibility index (Phi) is 0.961. The van der Waals surface area contributed by atoms with Crippen LogP contribution in [0.4, 0.5) is 0 Å². The van der Waals surface area contributed by atoms with Crippen LogP contribution < -0.4 is 0 Å². The summed E-state index contributed by atoms with van der Waals surface area (Å²) in [5, 5.41) is 0. The van der Waals surface area contributed by atoms with Crippen molar-refractivity contribution in [2.24, 2.45) is 17.3 Å². The van der Waals surface area contributed by atoms with E-state index in [0.29, 0.717) is 17.1 Å². The average molecular weight is 150 g/mol. The number of hydrogen-bond donors (Lipinski definition) is 0. The lowest BCUT2D eigenvalue weighted by Gasteiger charge is -2.47. The first-order valence-corrected chi connectivity index (χ1v) is 4.86. The smallest absolute Gasteiger partial charge is 0.136 e. The molecule has 0 aliphatic heterocycles. The fourth-order valence-electron chi connectivity index (χ4n) is 3.82. The van der Waals surface area contributed by atoms with Crippen LogP contribution in [0.2, 0.25) is 0 Å². The molecule has 60 valence electrons. The Bertz CT molecular complexity index is 221. The van der Waals surface area contributed by atoms with E-state index in [-0.39, 0.29) is 0 Å². The summed E-state index contributed by atoms with van der Waals surface area (Å²) in [5.74, 6) is 2.07. The highest BCUT2D eigenvalue weighted by molar-refractivity contribution is 5.85. The molecule has 0 saturated heterocycles. The van der Waals surface area contributed by atoms with E-state index < -0.39 is 0 Å². The molecule has 1 nitrogen and oxygen atoms in total. The van der Waals surface area contributed by atoms with E-state index in [1.807, 2.05) is 0 Å². The van der Waals surface area contributed by atoms with Crippen LogP contribution in [0.1, 0.15) is 38.5 Å². The van der Waals surface area contributed by atoms with Gasteiger partial charge in [-0.15, -0.1) is 0 Å². The first-order chi connectivity index (χ1) is 5.33. The van der Waals surface area contributed by atoms with Crippen molar-refractivity contribution in [3.8, 4) is 0 Å². The molecule has 0 heterocycles. The molecule has 0 aromatic rings. The van der Waals surface area contributed by atoms with E-state index in [0.717, 1.165) is 12.3 Å². The molecule has 1 spiro atoms. The fraction of sp³-hybridized carbons (Fsp3) is 0.900. The molecule has 3 aliphatic rings. The van der Waals surface area contributed by atoms with E-state index in [4.69, 9.17) is 0 Å². The second-order valence-electron chi connectivity index (χ2n) is 4.58. The molecule has 3 saturated carbocycles. The van der Waals surface area contributed by atoms with Gasteiger partial charge in [-0.2, -0.15) is 0 Å². The van der Waals surface area contributed by atoms with Crippen LogP contribution in [0.3, 0.4) is 0 Å². The summed E-state index contributed by atoms with van der Waals surface area (Å²) in [4.78, 5) is 11.4. The summed E-state index contributed by atoms with van der Waals surface area (Å²) in [6.45, 7) is 0. The summed E-state index contributed by atoms with van der Waals surface area (Å²) in [6.07, 6.45) is 7.58. The zero-order chi connectivity index (χ0) is 7.47. The van der Waals surface area contributed by atoms with Gasteiger partial charge in [0.25, 0.3) is 0 Å². The van der Waals surface area contributed by atoms with E-state index in [1.54, 1.807) is 0 Å². The van der Waals surface area contributed by atoms with Gasteiger partial charge in [-0.3, -0.25) is 4.79 Å². The standard InChI is InChI=1S/C10H14O/c11-9-3-5-10-4-1-2-7(10)6-8(9)10/h7-8H,1-6H2/t7-,8+,10?/m0/s1. The monoisotopic (exact) mass is 150 g/mol. The summed E-state index contributed by atoms with van der Waals surface area (Å²) in [5.41, 5.74) is 0.567. The largest absolute Gasteiger partial charge is 0.299 e. The van der Waals surface area contributed by atoms with E-state index in [9.17, 15) is 4.79 Å². The second-order valence-corrected chi connectivity index (χ2v) is 4.58. The Morgan fingerprint density at radius 3 is 3.00 bits per heavy atom. The van der Waals surface area contributed by atoms with Gasteiger partial charge in [-0.05, 0) is 37.0 Å². The van der Waals surface area contributed by atoms with Crippen LogP contribution in [0.5, 0.6) is 0 Å². The van der Waals surface area contributed by atoms with Gasteiger partial charge in [0, 0.05) is 12.3 Å². The Hall–Kier alpha value is -0.330. The van der Waals surface area contributed by atoms with Crippen LogP contribution in [0.25, 0.3) is 0 Å². The van der Waals surface area contributed by atoms with Gasteiger partial charge in [-0.1, -0.05) is 6.42 Å². The quantitative estimate of drug-likeness (QED) is 0.517. The molecule has 1 unspecified atom stereocenters. The zero-order valence-electron chi connectivity index (χ0n) is 6.81. The first kappa shape index (κ1) is 6.22. The van der Waals surface area contributed by atoms with Gasteiger partial charge in [0.05, 0.1) is 0 Å². The normalized spacial score (nSPS) is 53.6. The van der Waals surface area contributed by atoms with Crippen LogP contribution in [-0.4, -0.2) is 5.78 Å². The SMILES string of the molecule is O=C1CCC23CCC[C@H]2C[C@H]13. The van der Waals surface area contributed by atoms with E-state index in [1.165, 1.54) is 32.1 Å². The molecule has 3 rings (SSSR count). The highest BCUT2D eigenvalue weighted by Gasteiger charge is 2.62. The topological polar surface area (TPSA) is 17.1 Å². The van der Waals surface area contributed by atoms with Gasteiger partial charge in [0.15, 0.2) is 0 Å². The summed E-state index contributed by atoms with van der Waals surface area (Å²) in [7, 11) is 0. The predicted octanol–water partition coefficient (Wildman–Crippen LogP) is 2.16. The molecule has 11 heavy (non-hydrogen) atoms. The molecule has 0 aromatic carbocycles. The Balaban J connectivity index is 1.98. The molecule has 0 aromatic heterocycles. The van der Waals surface area contributed by atoms with Crippen LogP contribution in [-0.2, 0) is 4.79 Å². The molecule has 0 amide bonds. The maximum absolute atomic E-state index is 11.4. The minimum absolute atomic E-state index is 0.523. The third-order valence-corrected chi connectivity index (χ3v) is 4.45. The lowest BCUT2D eigenvalue weighted by molar-refractivity contribution is -0.129. The lowest BCUT2D eigenvalue weighted by Crippen LogP contribution is -2.43. The number of hydrogen-bond acceptors (Lipinski definition) is 1. The van der Waals surface area contributed by atoms with Gasteiger partial charge < -0.3 is 0 Å². The molecule has 0 bridgehead atoms. The first-order valence-electron chi connectivity index (χ1n) is 4.86. The molecule has 0 N–H and O–H groups in total. The van der Waals surface area contributed by atoms with Crippen molar-refractivity contribution in [3.63, 3.8) is 0 Å². The van der Waals surface area contributed by atoms with E-state index in [2.05, 4.69) is 0 Å². The molecule has 3 atom stereocenters. The van der Waals surface area contributed by atoms with Gasteiger partial charge in [0.2, 0.25) is 0 Å². The second kappa shape index (κ2) is 1.70. The summed E-state index contributed by atoms with van der Waals surface area (Å²) in [6, 6.07) is 0. The van der Waals surface area contributed by atoms with Crippen molar-refractivity contribution < 1.29 is 4.79 Å².